The molecule has 148 valence electrons. The Morgan fingerprint density at radius 1 is 1.21 bits per heavy atom. The predicted molar refractivity (Wildman–Crippen MR) is 97.1 cm³/mol. The van der Waals surface area contributed by atoms with Crippen LogP contribution in [0.1, 0.15) is 11.8 Å². The summed E-state index contributed by atoms with van der Waals surface area (Å²) in [5.74, 6) is -0.0767. The van der Waals surface area contributed by atoms with E-state index in [0.29, 0.717) is 11.1 Å². The number of aliphatic hydroxyl groups excluding tert-OH is 3. The molecular formula is C17H17ClFN5O4. The Morgan fingerprint density at radius 2 is 2.00 bits per heavy atom. The average Bonchev–Trinajstić information content (AvgIpc) is 3.22. The molecule has 0 radical (unpaired) electrons. The number of nitrogens with one attached hydrogen (secondary N) is 1. The quantitative estimate of drug-likeness (QED) is 0.457. The minimum absolute atomic E-state index is 0.0861. The number of nitrogens with zero attached hydrogens (tertiary/aromatic N) is 4. The van der Waals surface area contributed by atoms with E-state index < -0.39 is 31.1 Å². The first-order chi connectivity index (χ1) is 13.5. The predicted octanol–water partition coefficient (Wildman–Crippen LogP) is 0.842. The summed E-state index contributed by atoms with van der Waals surface area (Å²) in [7, 11) is 0. The number of rotatable bonds is 5. The Kier molecular flexibility index (Phi) is 5.13. The van der Waals surface area contributed by atoms with Gasteiger partial charge in [0.05, 0.1) is 12.9 Å². The van der Waals surface area contributed by atoms with Crippen LogP contribution in [0.2, 0.25) is 5.28 Å². The first-order valence-corrected chi connectivity index (χ1v) is 8.87. The molecule has 0 saturated carbocycles. The summed E-state index contributed by atoms with van der Waals surface area (Å²) in [5, 5.41) is 32.4. The molecule has 3 aromatic rings. The van der Waals surface area contributed by atoms with Crippen molar-refractivity contribution in [3.63, 3.8) is 0 Å². The number of aromatic nitrogens is 4. The summed E-state index contributed by atoms with van der Waals surface area (Å²) in [5.41, 5.74) is 1.03. The van der Waals surface area contributed by atoms with E-state index in [1.54, 1.807) is 18.2 Å². The molecule has 9 nitrogen and oxygen atoms in total. The van der Waals surface area contributed by atoms with Crippen molar-refractivity contribution in [1.82, 2.24) is 19.5 Å². The fourth-order valence-electron chi connectivity index (χ4n) is 3.13. The highest BCUT2D eigenvalue weighted by atomic mass is 35.5. The van der Waals surface area contributed by atoms with Crippen LogP contribution in [-0.4, -0.2) is 59.8 Å². The minimum Gasteiger partial charge on any atom is -0.394 e. The molecule has 28 heavy (non-hydrogen) atoms. The van der Waals surface area contributed by atoms with Crippen LogP contribution in [0.3, 0.4) is 0 Å². The molecule has 1 aliphatic rings. The van der Waals surface area contributed by atoms with Gasteiger partial charge in [0.1, 0.15) is 24.1 Å². The second-order valence-electron chi connectivity index (χ2n) is 6.34. The number of fused-ring (bicyclic) bond motifs is 1. The molecule has 2 aromatic heterocycles. The van der Waals surface area contributed by atoms with Crippen LogP contribution in [0, 0.1) is 5.82 Å². The van der Waals surface area contributed by atoms with Gasteiger partial charge < -0.3 is 25.4 Å². The maximum atomic E-state index is 13.8. The molecule has 1 aromatic carbocycles. The molecule has 4 rings (SSSR count). The second kappa shape index (κ2) is 7.57. The van der Waals surface area contributed by atoms with Crippen molar-refractivity contribution >= 4 is 28.6 Å². The summed E-state index contributed by atoms with van der Waals surface area (Å²) < 4.78 is 20.8. The lowest BCUT2D eigenvalue weighted by molar-refractivity contribution is -0.0511. The van der Waals surface area contributed by atoms with Gasteiger partial charge in [-0.05, 0) is 17.7 Å². The summed E-state index contributed by atoms with van der Waals surface area (Å²) in [6.07, 6.45) is -3.14. The van der Waals surface area contributed by atoms with Crippen molar-refractivity contribution in [2.45, 2.75) is 31.1 Å². The number of aliphatic hydroxyl groups is 3. The number of imidazole rings is 1. The maximum Gasteiger partial charge on any atom is 0.226 e. The Bertz CT molecular complexity index is 1000. The van der Waals surface area contributed by atoms with Gasteiger partial charge >= 0.3 is 0 Å². The van der Waals surface area contributed by atoms with Gasteiger partial charge in [0.2, 0.25) is 5.28 Å². The monoisotopic (exact) mass is 409 g/mol. The average molecular weight is 410 g/mol. The molecule has 0 unspecified atom stereocenters. The Balaban J connectivity index is 1.66. The third-order valence-electron chi connectivity index (χ3n) is 4.59. The molecule has 4 atom stereocenters. The fraction of sp³-hybridized carbons (Fsp3) is 0.353. The molecule has 1 aliphatic heterocycles. The maximum absolute atomic E-state index is 13.8. The molecule has 4 N–H and O–H groups in total. The van der Waals surface area contributed by atoms with E-state index in [4.69, 9.17) is 16.3 Å². The van der Waals surface area contributed by atoms with Gasteiger partial charge in [-0.25, -0.2) is 9.37 Å². The third kappa shape index (κ3) is 3.29. The minimum atomic E-state index is -1.29. The Hall–Kier alpha value is -2.37. The Morgan fingerprint density at radius 3 is 2.71 bits per heavy atom. The molecule has 0 bridgehead atoms. The molecule has 3 heterocycles. The topological polar surface area (TPSA) is 126 Å². The lowest BCUT2D eigenvalue weighted by Gasteiger charge is -2.16. The highest BCUT2D eigenvalue weighted by Gasteiger charge is 2.44. The van der Waals surface area contributed by atoms with Gasteiger partial charge in [-0.2, -0.15) is 9.97 Å². The van der Waals surface area contributed by atoms with Crippen LogP contribution in [-0.2, 0) is 11.3 Å². The zero-order chi connectivity index (χ0) is 19.8. The number of benzene rings is 1. The lowest BCUT2D eigenvalue weighted by atomic mass is 10.1. The van der Waals surface area contributed by atoms with Crippen LogP contribution in [0.4, 0.5) is 10.2 Å². The summed E-state index contributed by atoms with van der Waals surface area (Å²) in [6.45, 7) is -0.303. The van der Waals surface area contributed by atoms with E-state index in [-0.39, 0.29) is 29.1 Å². The van der Waals surface area contributed by atoms with E-state index in [9.17, 15) is 19.7 Å². The van der Waals surface area contributed by atoms with Gasteiger partial charge in [-0.3, -0.25) is 4.57 Å². The second-order valence-corrected chi connectivity index (χ2v) is 6.68. The molecular weight excluding hydrogens is 393 g/mol. The smallest absolute Gasteiger partial charge is 0.226 e. The number of ether oxygens (including phenoxy) is 1. The molecule has 0 aliphatic carbocycles. The van der Waals surface area contributed by atoms with Gasteiger partial charge in [0.15, 0.2) is 23.2 Å². The van der Waals surface area contributed by atoms with Gasteiger partial charge in [0, 0.05) is 12.1 Å². The van der Waals surface area contributed by atoms with Gasteiger partial charge in [0.25, 0.3) is 0 Å². The van der Waals surface area contributed by atoms with Gasteiger partial charge in [-0.15, -0.1) is 0 Å². The molecule has 1 saturated heterocycles. The largest absolute Gasteiger partial charge is 0.394 e. The molecule has 0 amide bonds. The summed E-state index contributed by atoms with van der Waals surface area (Å²) >= 11 is 6.02. The molecule has 1 fully saturated rings. The van der Waals surface area contributed by atoms with Crippen molar-refractivity contribution in [1.29, 1.82) is 0 Å². The zero-order valence-electron chi connectivity index (χ0n) is 14.4. The number of hydrogen-bond acceptors (Lipinski definition) is 8. The normalized spacial score (nSPS) is 24.8. The van der Waals surface area contributed by atoms with E-state index >= 15 is 0 Å². The summed E-state index contributed by atoms with van der Waals surface area (Å²) in [4.78, 5) is 12.5. The fourth-order valence-corrected chi connectivity index (χ4v) is 3.29. The molecule has 11 heteroatoms. The third-order valence-corrected chi connectivity index (χ3v) is 4.76. The van der Waals surface area contributed by atoms with E-state index in [1.165, 1.54) is 17.0 Å². The van der Waals surface area contributed by atoms with Crippen molar-refractivity contribution < 1.29 is 24.4 Å². The van der Waals surface area contributed by atoms with E-state index in [0.717, 1.165) is 0 Å². The lowest BCUT2D eigenvalue weighted by Crippen LogP contribution is -2.33. The zero-order valence-corrected chi connectivity index (χ0v) is 15.2. The van der Waals surface area contributed by atoms with Gasteiger partial charge in [-0.1, -0.05) is 18.2 Å². The van der Waals surface area contributed by atoms with E-state index in [1.807, 2.05) is 0 Å². The highest BCUT2D eigenvalue weighted by Crippen LogP contribution is 2.32. The standard InChI is InChI=1S/C17H17ClFN5O4/c18-17-22-14(20-5-8-3-1-2-4-9(8)19)11-15(23-17)24(7-21-11)16-13(27)12(26)10(6-25)28-16/h1-4,7,10,12-13,16,25-27H,5-6H2,(H,20,22,23)/t10-,12+,13+,16-/m1/s1. The van der Waals surface area contributed by atoms with Crippen LogP contribution >= 0.6 is 11.6 Å². The van der Waals surface area contributed by atoms with Crippen molar-refractivity contribution in [2.75, 3.05) is 11.9 Å². The van der Waals surface area contributed by atoms with Crippen LogP contribution in [0.25, 0.3) is 11.2 Å². The van der Waals surface area contributed by atoms with Crippen LogP contribution in [0.15, 0.2) is 30.6 Å². The summed E-state index contributed by atoms with van der Waals surface area (Å²) in [6, 6.07) is 6.32. The van der Waals surface area contributed by atoms with E-state index in [2.05, 4.69) is 20.3 Å². The first-order valence-electron chi connectivity index (χ1n) is 8.49. The first kappa shape index (κ1) is 19.0. The SMILES string of the molecule is OC[C@H]1O[C@@H](n2cnc3c(NCc4ccccc4F)nc(Cl)nc32)[C@@H](O)[C@H]1O. The van der Waals surface area contributed by atoms with Crippen molar-refractivity contribution in [2.24, 2.45) is 0 Å². The van der Waals surface area contributed by atoms with Crippen molar-refractivity contribution in [3.8, 4) is 0 Å². The Labute approximate surface area is 163 Å². The number of halogens is 2. The van der Waals surface area contributed by atoms with Crippen LogP contribution in [0.5, 0.6) is 0 Å². The highest BCUT2D eigenvalue weighted by molar-refractivity contribution is 6.28. The molecule has 0 spiro atoms. The number of anilines is 1. The van der Waals surface area contributed by atoms with Crippen LogP contribution < -0.4 is 5.32 Å². The number of hydrogen-bond donors (Lipinski definition) is 4. The van der Waals surface area contributed by atoms with Crippen molar-refractivity contribution in [3.05, 3.63) is 47.3 Å².